The summed E-state index contributed by atoms with van der Waals surface area (Å²) in [5.74, 6) is 1.57. The normalized spacial score (nSPS) is 16.7. The fourth-order valence-electron chi connectivity index (χ4n) is 3.07. The molecule has 1 aliphatic rings. The van der Waals surface area contributed by atoms with E-state index < -0.39 is 0 Å². The van der Waals surface area contributed by atoms with Crippen LogP contribution < -0.4 is 9.64 Å². The van der Waals surface area contributed by atoms with Gasteiger partial charge in [-0.2, -0.15) is 0 Å². The molecule has 2 aromatic rings. The Kier molecular flexibility index (Phi) is 4.34. The van der Waals surface area contributed by atoms with E-state index in [-0.39, 0.29) is 5.60 Å². The van der Waals surface area contributed by atoms with Gasteiger partial charge in [0.25, 0.3) is 0 Å². The highest BCUT2D eigenvalue weighted by molar-refractivity contribution is 5.59. The number of para-hydroxylation sites is 2. The van der Waals surface area contributed by atoms with Crippen molar-refractivity contribution in [2.75, 3.05) is 11.4 Å². The van der Waals surface area contributed by atoms with Crippen LogP contribution in [0.25, 0.3) is 0 Å². The zero-order chi connectivity index (χ0) is 16.4. The number of ether oxygens (including phenoxy) is 1. The van der Waals surface area contributed by atoms with Crippen LogP contribution in [0.15, 0.2) is 48.5 Å². The Morgan fingerprint density at radius 3 is 2.43 bits per heavy atom. The Morgan fingerprint density at radius 2 is 1.74 bits per heavy atom. The van der Waals surface area contributed by atoms with E-state index in [1.807, 2.05) is 0 Å². The number of hydrogen-bond acceptors (Lipinski definition) is 2. The molecule has 0 amide bonds. The van der Waals surface area contributed by atoms with E-state index in [1.54, 1.807) is 0 Å². The maximum absolute atomic E-state index is 6.22. The highest BCUT2D eigenvalue weighted by Gasteiger charge is 2.27. The quantitative estimate of drug-likeness (QED) is 0.755. The van der Waals surface area contributed by atoms with E-state index in [0.29, 0.717) is 5.92 Å². The molecule has 23 heavy (non-hydrogen) atoms. The van der Waals surface area contributed by atoms with Crippen LogP contribution in [0.3, 0.4) is 0 Å². The lowest BCUT2D eigenvalue weighted by Gasteiger charge is -2.24. The van der Waals surface area contributed by atoms with E-state index in [2.05, 4.69) is 81.1 Å². The topological polar surface area (TPSA) is 12.5 Å². The van der Waals surface area contributed by atoms with Crippen molar-refractivity contribution in [3.05, 3.63) is 59.7 Å². The van der Waals surface area contributed by atoms with Crippen molar-refractivity contribution < 1.29 is 4.74 Å². The van der Waals surface area contributed by atoms with Gasteiger partial charge in [-0.3, -0.25) is 0 Å². The van der Waals surface area contributed by atoms with Crippen molar-refractivity contribution in [2.45, 2.75) is 52.2 Å². The third-order valence-corrected chi connectivity index (χ3v) is 4.60. The zero-order valence-electron chi connectivity index (χ0n) is 14.7. The Balaban J connectivity index is 1.85. The predicted molar refractivity (Wildman–Crippen MR) is 97.3 cm³/mol. The van der Waals surface area contributed by atoms with E-state index in [4.69, 9.17) is 4.74 Å². The Bertz CT molecular complexity index is 658. The van der Waals surface area contributed by atoms with Gasteiger partial charge < -0.3 is 9.64 Å². The lowest BCUT2D eigenvalue weighted by molar-refractivity contribution is 0.108. The van der Waals surface area contributed by atoms with Gasteiger partial charge in [-0.05, 0) is 43.0 Å². The van der Waals surface area contributed by atoms with Gasteiger partial charge in [0.2, 0.25) is 0 Å². The maximum atomic E-state index is 6.22. The lowest BCUT2D eigenvalue weighted by atomic mass is 10.0. The second-order valence-corrected chi connectivity index (χ2v) is 7.40. The minimum atomic E-state index is -0.119. The number of anilines is 1. The molecule has 0 unspecified atom stereocenters. The summed E-state index contributed by atoms with van der Waals surface area (Å²) < 4.78 is 6.22. The molecule has 0 saturated carbocycles. The van der Waals surface area contributed by atoms with Crippen molar-refractivity contribution >= 4 is 5.69 Å². The number of nitrogens with zero attached hydrogens (tertiary/aromatic N) is 1. The summed E-state index contributed by atoms with van der Waals surface area (Å²) in [6.07, 6.45) is 1.02. The van der Waals surface area contributed by atoms with Crippen molar-refractivity contribution in [3.8, 4) is 5.75 Å². The summed E-state index contributed by atoms with van der Waals surface area (Å²) in [5.41, 5.74) is 3.83. The molecule has 2 aromatic carbocycles. The molecular weight excluding hydrogens is 282 g/mol. The first-order valence-corrected chi connectivity index (χ1v) is 8.56. The maximum Gasteiger partial charge on any atom is 0.143 e. The minimum absolute atomic E-state index is 0.119. The van der Waals surface area contributed by atoms with Gasteiger partial charge in [-0.25, -0.2) is 0 Å². The zero-order valence-corrected chi connectivity index (χ0v) is 14.7. The SMILES string of the molecule is CC(C)c1ccc(CN2CCC(C)(C)Oc3ccccc32)cc1. The number of rotatable bonds is 3. The first-order chi connectivity index (χ1) is 10.9. The summed E-state index contributed by atoms with van der Waals surface area (Å²) in [6, 6.07) is 17.4. The van der Waals surface area contributed by atoms with Gasteiger partial charge in [0.05, 0.1) is 5.69 Å². The smallest absolute Gasteiger partial charge is 0.143 e. The van der Waals surface area contributed by atoms with Gasteiger partial charge in [-0.15, -0.1) is 0 Å². The van der Waals surface area contributed by atoms with Gasteiger partial charge in [0.15, 0.2) is 0 Å². The molecule has 0 fully saturated rings. The molecule has 0 atom stereocenters. The van der Waals surface area contributed by atoms with Crippen molar-refractivity contribution in [1.82, 2.24) is 0 Å². The van der Waals surface area contributed by atoms with Crippen LogP contribution in [-0.2, 0) is 6.54 Å². The molecule has 0 spiro atoms. The largest absolute Gasteiger partial charge is 0.486 e. The van der Waals surface area contributed by atoms with E-state index in [1.165, 1.54) is 16.8 Å². The molecular formula is C21H27NO. The Hall–Kier alpha value is -1.96. The molecule has 0 aromatic heterocycles. The van der Waals surface area contributed by atoms with Crippen molar-refractivity contribution in [1.29, 1.82) is 0 Å². The van der Waals surface area contributed by atoms with E-state index >= 15 is 0 Å². The monoisotopic (exact) mass is 309 g/mol. The number of benzene rings is 2. The molecule has 1 heterocycles. The fraction of sp³-hybridized carbons (Fsp3) is 0.429. The van der Waals surface area contributed by atoms with Crippen LogP contribution in [0.4, 0.5) is 5.69 Å². The van der Waals surface area contributed by atoms with Crippen molar-refractivity contribution in [2.24, 2.45) is 0 Å². The third-order valence-electron chi connectivity index (χ3n) is 4.60. The minimum Gasteiger partial charge on any atom is -0.486 e. The van der Waals surface area contributed by atoms with Crippen LogP contribution in [0.2, 0.25) is 0 Å². The molecule has 3 rings (SSSR count). The molecule has 1 aliphatic heterocycles. The highest BCUT2D eigenvalue weighted by atomic mass is 16.5. The molecule has 122 valence electrons. The van der Waals surface area contributed by atoms with Crippen LogP contribution in [0.1, 0.15) is 51.2 Å². The van der Waals surface area contributed by atoms with Crippen LogP contribution in [0.5, 0.6) is 5.75 Å². The molecule has 0 radical (unpaired) electrons. The fourth-order valence-corrected chi connectivity index (χ4v) is 3.07. The summed E-state index contributed by atoms with van der Waals surface area (Å²) in [5, 5.41) is 0. The van der Waals surface area contributed by atoms with Gasteiger partial charge in [0.1, 0.15) is 11.4 Å². The average Bonchev–Trinajstić information content (AvgIpc) is 2.64. The molecule has 2 heteroatoms. The third kappa shape index (κ3) is 3.69. The summed E-state index contributed by atoms with van der Waals surface area (Å²) in [6.45, 7) is 10.7. The summed E-state index contributed by atoms with van der Waals surface area (Å²) in [4.78, 5) is 2.44. The first kappa shape index (κ1) is 15.9. The predicted octanol–water partition coefficient (Wildman–Crippen LogP) is 5.38. The van der Waals surface area contributed by atoms with Gasteiger partial charge in [0, 0.05) is 19.5 Å². The van der Waals surface area contributed by atoms with Gasteiger partial charge >= 0.3 is 0 Å². The molecule has 2 nitrogen and oxygen atoms in total. The highest BCUT2D eigenvalue weighted by Crippen LogP contribution is 2.36. The van der Waals surface area contributed by atoms with Crippen LogP contribution in [-0.4, -0.2) is 12.1 Å². The summed E-state index contributed by atoms with van der Waals surface area (Å²) >= 11 is 0. The molecule has 0 saturated heterocycles. The standard InChI is InChI=1S/C21H27NO/c1-16(2)18-11-9-17(10-12-18)15-22-14-13-21(3,4)23-20-8-6-5-7-19(20)22/h5-12,16H,13-15H2,1-4H3. The Morgan fingerprint density at radius 1 is 1.04 bits per heavy atom. The van der Waals surface area contributed by atoms with Crippen LogP contribution >= 0.6 is 0 Å². The average molecular weight is 309 g/mol. The Labute approximate surface area is 140 Å². The van der Waals surface area contributed by atoms with E-state index in [9.17, 15) is 0 Å². The molecule has 0 aliphatic carbocycles. The number of hydrogen-bond donors (Lipinski definition) is 0. The molecule has 0 N–H and O–H groups in total. The second kappa shape index (κ2) is 6.27. The van der Waals surface area contributed by atoms with Crippen LogP contribution in [0, 0.1) is 0 Å². The summed E-state index contributed by atoms with van der Waals surface area (Å²) in [7, 11) is 0. The van der Waals surface area contributed by atoms with Crippen molar-refractivity contribution in [3.63, 3.8) is 0 Å². The lowest BCUT2D eigenvalue weighted by Crippen LogP contribution is -2.31. The van der Waals surface area contributed by atoms with Gasteiger partial charge in [-0.1, -0.05) is 50.2 Å². The number of fused-ring (bicyclic) bond motifs is 1. The molecule has 0 bridgehead atoms. The first-order valence-electron chi connectivity index (χ1n) is 8.56. The van der Waals surface area contributed by atoms with E-state index in [0.717, 1.165) is 25.3 Å². The second-order valence-electron chi connectivity index (χ2n) is 7.40.